The Bertz CT molecular complexity index is 1290. The van der Waals surface area contributed by atoms with Crippen LogP contribution in [0.3, 0.4) is 0 Å². The van der Waals surface area contributed by atoms with Crippen molar-refractivity contribution in [2.24, 2.45) is 23.2 Å². The molecule has 4 saturated carbocycles. The van der Waals surface area contributed by atoms with Gasteiger partial charge in [0.15, 0.2) is 5.88 Å². The molecule has 2 aromatic rings. The lowest BCUT2D eigenvalue weighted by molar-refractivity contribution is -0.112. The molecule has 196 valence electrons. The van der Waals surface area contributed by atoms with Crippen LogP contribution in [0.5, 0.6) is 0 Å². The number of benzene rings is 1. The molecular weight excluding hydrogens is 490 g/mol. The molecule has 2 heterocycles. The first-order chi connectivity index (χ1) is 17.7. The lowest BCUT2D eigenvalue weighted by Crippen LogP contribution is -2.47. The molecule has 7 rings (SSSR count). The van der Waals surface area contributed by atoms with Crippen molar-refractivity contribution in [2.75, 3.05) is 11.9 Å². The predicted molar refractivity (Wildman–Crippen MR) is 138 cm³/mol. The Labute approximate surface area is 217 Å². The van der Waals surface area contributed by atoms with Gasteiger partial charge in [-0.25, -0.2) is 8.42 Å². The average molecular weight is 524 g/mol. The summed E-state index contributed by atoms with van der Waals surface area (Å²) in [5.74, 6) is 2.89. The standard InChI is InChI=1S/C28H33N3O5S/c1-2-25(32)30-26-12-22-16-31(17-24(22)36-26)37(34,35)23-5-3-21(4-6-23)27(33)29-8-7-28-13-18-9-19(14-28)11-20(10-18)15-28/h2-6,12,18-20H,1,7-11,13-17H2,(H,29,33)(H,30,32). The summed E-state index contributed by atoms with van der Waals surface area (Å²) in [6.07, 6.45) is 10.4. The average Bonchev–Trinajstić information content (AvgIpc) is 3.42. The monoisotopic (exact) mass is 523 g/mol. The molecule has 5 aliphatic rings. The highest BCUT2D eigenvalue weighted by atomic mass is 32.2. The van der Waals surface area contributed by atoms with E-state index < -0.39 is 15.9 Å². The topological polar surface area (TPSA) is 109 Å². The van der Waals surface area contributed by atoms with Gasteiger partial charge in [0.25, 0.3) is 5.91 Å². The zero-order chi connectivity index (χ0) is 25.8. The van der Waals surface area contributed by atoms with Gasteiger partial charge in [-0.2, -0.15) is 4.31 Å². The van der Waals surface area contributed by atoms with Crippen LogP contribution in [0.4, 0.5) is 5.88 Å². The number of sulfonamides is 1. The van der Waals surface area contributed by atoms with Crippen LogP contribution >= 0.6 is 0 Å². The maximum atomic E-state index is 13.2. The lowest BCUT2D eigenvalue weighted by atomic mass is 9.49. The number of carbonyl (C=O) groups excluding carboxylic acids is 2. The van der Waals surface area contributed by atoms with Crippen molar-refractivity contribution in [3.05, 3.63) is 59.9 Å². The number of nitrogens with zero attached hydrogens (tertiary/aromatic N) is 1. The molecule has 8 nitrogen and oxygen atoms in total. The summed E-state index contributed by atoms with van der Waals surface area (Å²) < 4.78 is 33.2. The van der Waals surface area contributed by atoms with Crippen molar-refractivity contribution >= 4 is 27.7 Å². The van der Waals surface area contributed by atoms with E-state index in [9.17, 15) is 18.0 Å². The van der Waals surface area contributed by atoms with Crippen molar-refractivity contribution in [3.8, 4) is 0 Å². The highest BCUT2D eigenvalue weighted by Crippen LogP contribution is 2.61. The smallest absolute Gasteiger partial charge is 0.251 e. The van der Waals surface area contributed by atoms with Crippen LogP contribution in [0, 0.1) is 23.2 Å². The van der Waals surface area contributed by atoms with Gasteiger partial charge in [-0.05, 0) is 98.5 Å². The van der Waals surface area contributed by atoms with Crippen LogP contribution < -0.4 is 10.6 Å². The van der Waals surface area contributed by atoms with E-state index in [1.54, 1.807) is 18.2 Å². The van der Waals surface area contributed by atoms with Crippen LogP contribution in [-0.4, -0.2) is 31.1 Å². The molecule has 1 aromatic heterocycles. The van der Waals surface area contributed by atoms with Crippen LogP contribution in [0.15, 0.2) is 52.3 Å². The number of hydrogen-bond acceptors (Lipinski definition) is 5. The summed E-state index contributed by atoms with van der Waals surface area (Å²) in [7, 11) is -3.76. The molecule has 0 unspecified atom stereocenters. The molecule has 2 N–H and O–H groups in total. The zero-order valence-corrected chi connectivity index (χ0v) is 21.7. The van der Waals surface area contributed by atoms with Crippen LogP contribution in [0.1, 0.15) is 66.6 Å². The highest BCUT2D eigenvalue weighted by molar-refractivity contribution is 7.89. The maximum Gasteiger partial charge on any atom is 0.251 e. The number of furan rings is 1. The number of fused-ring (bicyclic) bond motifs is 1. The molecule has 1 aromatic carbocycles. The van der Waals surface area contributed by atoms with Gasteiger partial charge in [-0.1, -0.05) is 6.58 Å². The second-order valence-corrected chi connectivity index (χ2v) is 13.4. The summed E-state index contributed by atoms with van der Waals surface area (Å²) in [4.78, 5) is 24.4. The number of rotatable bonds is 8. The zero-order valence-electron chi connectivity index (χ0n) is 20.9. The largest absolute Gasteiger partial charge is 0.444 e. The molecule has 37 heavy (non-hydrogen) atoms. The molecule has 4 fully saturated rings. The van der Waals surface area contributed by atoms with E-state index in [2.05, 4.69) is 17.2 Å². The van der Waals surface area contributed by atoms with E-state index in [-0.39, 0.29) is 29.8 Å². The number of amides is 2. The Morgan fingerprint density at radius 1 is 1.05 bits per heavy atom. The lowest BCUT2D eigenvalue weighted by Gasteiger charge is -2.57. The Hall–Kier alpha value is -2.91. The molecule has 1 aliphatic heterocycles. The van der Waals surface area contributed by atoms with Gasteiger partial charge in [0, 0.05) is 30.3 Å². The molecule has 9 heteroatoms. The quantitative estimate of drug-likeness (QED) is 0.497. The third kappa shape index (κ3) is 4.63. The second-order valence-electron chi connectivity index (χ2n) is 11.5. The van der Waals surface area contributed by atoms with Gasteiger partial charge >= 0.3 is 0 Å². The van der Waals surface area contributed by atoms with Crippen molar-refractivity contribution < 1.29 is 22.4 Å². The number of anilines is 1. The first kappa shape index (κ1) is 24.4. The molecule has 2 amide bonds. The molecule has 4 bridgehead atoms. The van der Waals surface area contributed by atoms with E-state index in [4.69, 9.17) is 4.42 Å². The minimum absolute atomic E-state index is 0.0776. The number of carbonyl (C=O) groups is 2. The van der Waals surface area contributed by atoms with Gasteiger partial charge in [-0.3, -0.25) is 14.9 Å². The molecular formula is C28H33N3O5S. The minimum atomic E-state index is -3.76. The first-order valence-electron chi connectivity index (χ1n) is 13.2. The first-order valence-corrected chi connectivity index (χ1v) is 14.6. The molecule has 0 saturated heterocycles. The van der Waals surface area contributed by atoms with E-state index in [1.807, 2.05) is 0 Å². The molecule has 0 spiro atoms. The summed E-state index contributed by atoms with van der Waals surface area (Å²) in [6, 6.07) is 7.74. The number of hydrogen-bond donors (Lipinski definition) is 2. The second kappa shape index (κ2) is 9.13. The predicted octanol–water partition coefficient (Wildman–Crippen LogP) is 4.44. The van der Waals surface area contributed by atoms with Crippen molar-refractivity contribution in [1.82, 2.24) is 9.62 Å². The van der Waals surface area contributed by atoms with Gasteiger partial charge < -0.3 is 9.73 Å². The van der Waals surface area contributed by atoms with E-state index >= 15 is 0 Å². The highest BCUT2D eigenvalue weighted by Gasteiger charge is 2.50. The summed E-state index contributed by atoms with van der Waals surface area (Å²) in [5, 5.41) is 5.61. The van der Waals surface area contributed by atoms with Gasteiger partial charge in [-0.15, -0.1) is 0 Å². The van der Waals surface area contributed by atoms with Gasteiger partial charge in [0.1, 0.15) is 5.76 Å². The fraction of sp³-hybridized carbons (Fsp3) is 0.500. The summed E-state index contributed by atoms with van der Waals surface area (Å²) >= 11 is 0. The SMILES string of the molecule is C=CC(=O)Nc1cc2c(o1)CN(S(=O)(=O)c1ccc(C(=O)NCCC34CC5CC(CC(C5)C3)C4)cc1)C2. The van der Waals surface area contributed by atoms with E-state index in [0.29, 0.717) is 28.8 Å². The van der Waals surface area contributed by atoms with Crippen molar-refractivity contribution in [1.29, 1.82) is 0 Å². The Kier molecular flexibility index (Phi) is 6.03. The fourth-order valence-corrected chi connectivity index (χ4v) is 8.99. The third-order valence-electron chi connectivity index (χ3n) is 8.86. The van der Waals surface area contributed by atoms with Crippen LogP contribution in [0.25, 0.3) is 0 Å². The maximum absolute atomic E-state index is 13.2. The molecule has 0 radical (unpaired) electrons. The number of nitrogens with one attached hydrogen (secondary N) is 2. The van der Waals surface area contributed by atoms with Crippen LogP contribution in [0.2, 0.25) is 0 Å². The van der Waals surface area contributed by atoms with E-state index in [1.165, 1.54) is 55.0 Å². The Morgan fingerprint density at radius 2 is 1.70 bits per heavy atom. The normalized spacial score (nSPS) is 28.2. The van der Waals surface area contributed by atoms with Crippen molar-refractivity contribution in [3.63, 3.8) is 0 Å². The third-order valence-corrected chi connectivity index (χ3v) is 10.7. The minimum Gasteiger partial charge on any atom is -0.444 e. The Morgan fingerprint density at radius 3 is 2.30 bits per heavy atom. The van der Waals surface area contributed by atoms with Gasteiger partial charge in [0.05, 0.1) is 11.4 Å². The summed E-state index contributed by atoms with van der Waals surface area (Å²) in [5.41, 5.74) is 1.58. The van der Waals surface area contributed by atoms with Crippen LogP contribution in [-0.2, 0) is 27.9 Å². The van der Waals surface area contributed by atoms with Gasteiger partial charge in [0.2, 0.25) is 15.9 Å². The summed E-state index contributed by atoms with van der Waals surface area (Å²) in [6.45, 7) is 4.29. The molecule has 0 atom stereocenters. The Balaban J connectivity index is 1.04. The molecule has 4 aliphatic carbocycles. The van der Waals surface area contributed by atoms with E-state index in [0.717, 1.165) is 30.3 Å². The van der Waals surface area contributed by atoms with Crippen molar-refractivity contribution in [2.45, 2.75) is 62.9 Å². The fourth-order valence-electron chi connectivity index (χ4n) is 7.61.